The lowest BCUT2D eigenvalue weighted by Gasteiger charge is -2.21. The standard InChI is InChI=1S/C18H20O3S/c1-2-21-18(20)16(13-22-15-11-7-4-8-12-15)17(19)14-9-5-3-6-10-14/h3-12,16-17,19H,2,13H2,1H3/t16-,17-/m1/s1. The lowest BCUT2D eigenvalue weighted by Crippen LogP contribution is -2.26. The van der Waals surface area contributed by atoms with Gasteiger partial charge in [-0.2, -0.15) is 0 Å². The first-order chi connectivity index (χ1) is 10.7. The number of hydrogen-bond acceptors (Lipinski definition) is 4. The van der Waals surface area contributed by atoms with Gasteiger partial charge >= 0.3 is 5.97 Å². The average Bonchev–Trinajstić information content (AvgIpc) is 2.57. The zero-order valence-electron chi connectivity index (χ0n) is 12.5. The molecule has 0 aromatic heterocycles. The zero-order valence-corrected chi connectivity index (χ0v) is 13.3. The maximum absolute atomic E-state index is 12.2. The van der Waals surface area contributed by atoms with Gasteiger partial charge in [0, 0.05) is 10.6 Å². The molecule has 0 fully saturated rings. The van der Waals surface area contributed by atoms with E-state index in [1.165, 1.54) is 0 Å². The Morgan fingerprint density at radius 3 is 2.27 bits per heavy atom. The summed E-state index contributed by atoms with van der Waals surface area (Å²) in [6, 6.07) is 19.1. The van der Waals surface area contributed by atoms with Gasteiger partial charge in [-0.25, -0.2) is 0 Å². The fraction of sp³-hybridized carbons (Fsp3) is 0.278. The van der Waals surface area contributed by atoms with Crippen LogP contribution in [0.1, 0.15) is 18.6 Å². The van der Waals surface area contributed by atoms with Gasteiger partial charge in [0.15, 0.2) is 0 Å². The van der Waals surface area contributed by atoms with E-state index in [2.05, 4.69) is 0 Å². The molecule has 0 spiro atoms. The number of carbonyl (C=O) groups excluding carboxylic acids is 1. The number of thioether (sulfide) groups is 1. The molecule has 2 aromatic carbocycles. The SMILES string of the molecule is CCOC(=O)[C@H](CSc1ccccc1)[C@H](O)c1ccccc1. The molecule has 4 heteroatoms. The fourth-order valence-corrected chi connectivity index (χ4v) is 3.16. The number of rotatable bonds is 7. The molecular weight excluding hydrogens is 296 g/mol. The Hall–Kier alpha value is -1.78. The summed E-state index contributed by atoms with van der Waals surface area (Å²) in [5.41, 5.74) is 0.731. The zero-order chi connectivity index (χ0) is 15.8. The highest BCUT2D eigenvalue weighted by Crippen LogP contribution is 2.29. The van der Waals surface area contributed by atoms with Crippen LogP contribution in [-0.2, 0) is 9.53 Å². The van der Waals surface area contributed by atoms with Crippen molar-refractivity contribution in [3.05, 3.63) is 66.2 Å². The van der Waals surface area contributed by atoms with Crippen LogP contribution in [0.3, 0.4) is 0 Å². The average molecular weight is 316 g/mol. The highest BCUT2D eigenvalue weighted by Gasteiger charge is 2.29. The van der Waals surface area contributed by atoms with Crippen LogP contribution in [0.5, 0.6) is 0 Å². The van der Waals surface area contributed by atoms with E-state index in [0.717, 1.165) is 10.5 Å². The monoisotopic (exact) mass is 316 g/mol. The molecule has 0 radical (unpaired) electrons. The fourth-order valence-electron chi connectivity index (χ4n) is 2.12. The molecular formula is C18H20O3S. The molecule has 0 unspecified atom stereocenters. The lowest BCUT2D eigenvalue weighted by molar-refractivity contribution is -0.151. The molecule has 22 heavy (non-hydrogen) atoms. The van der Waals surface area contributed by atoms with Gasteiger partial charge in [0.2, 0.25) is 0 Å². The molecule has 116 valence electrons. The first kappa shape index (κ1) is 16.6. The second kappa shape index (κ2) is 8.61. The predicted octanol–water partition coefficient (Wildman–Crippen LogP) is 3.69. The van der Waals surface area contributed by atoms with Crippen LogP contribution in [0, 0.1) is 5.92 Å². The van der Waals surface area contributed by atoms with E-state index in [-0.39, 0.29) is 5.97 Å². The number of hydrogen-bond donors (Lipinski definition) is 1. The first-order valence-electron chi connectivity index (χ1n) is 7.30. The molecule has 1 N–H and O–H groups in total. The van der Waals surface area contributed by atoms with Crippen molar-refractivity contribution in [2.75, 3.05) is 12.4 Å². The van der Waals surface area contributed by atoms with Crippen LogP contribution >= 0.6 is 11.8 Å². The molecule has 3 nitrogen and oxygen atoms in total. The Morgan fingerprint density at radius 1 is 1.09 bits per heavy atom. The first-order valence-corrected chi connectivity index (χ1v) is 8.28. The normalized spacial score (nSPS) is 13.4. The van der Waals surface area contributed by atoms with Crippen LogP contribution in [0.4, 0.5) is 0 Å². The molecule has 0 aliphatic carbocycles. The molecule has 0 amide bonds. The number of esters is 1. The third-order valence-corrected chi connectivity index (χ3v) is 4.42. The Morgan fingerprint density at radius 2 is 1.68 bits per heavy atom. The summed E-state index contributed by atoms with van der Waals surface area (Å²) in [7, 11) is 0. The minimum Gasteiger partial charge on any atom is -0.466 e. The minimum absolute atomic E-state index is 0.312. The van der Waals surface area contributed by atoms with E-state index in [4.69, 9.17) is 4.74 Å². The van der Waals surface area contributed by atoms with Gasteiger partial charge in [-0.15, -0.1) is 11.8 Å². The number of benzene rings is 2. The topological polar surface area (TPSA) is 46.5 Å². The van der Waals surface area contributed by atoms with Crippen molar-refractivity contribution in [2.45, 2.75) is 17.9 Å². The Bertz CT molecular complexity index is 571. The minimum atomic E-state index is -0.864. The van der Waals surface area contributed by atoms with Crippen molar-refractivity contribution in [1.82, 2.24) is 0 Å². The quantitative estimate of drug-likeness (QED) is 0.625. The maximum atomic E-state index is 12.2. The molecule has 2 atom stereocenters. The summed E-state index contributed by atoms with van der Waals surface area (Å²) in [4.78, 5) is 13.3. The molecule has 0 saturated carbocycles. The van der Waals surface area contributed by atoms with E-state index < -0.39 is 12.0 Å². The summed E-state index contributed by atoms with van der Waals surface area (Å²) in [6.07, 6.45) is -0.864. The van der Waals surface area contributed by atoms with Crippen molar-refractivity contribution in [2.24, 2.45) is 5.92 Å². The van der Waals surface area contributed by atoms with E-state index in [9.17, 15) is 9.90 Å². The number of carbonyl (C=O) groups is 1. The molecule has 2 aromatic rings. The Balaban J connectivity index is 2.10. The van der Waals surface area contributed by atoms with Crippen molar-refractivity contribution in [3.63, 3.8) is 0 Å². The van der Waals surface area contributed by atoms with Gasteiger partial charge in [0.25, 0.3) is 0 Å². The third-order valence-electron chi connectivity index (χ3n) is 3.28. The Labute approximate surface area is 135 Å². The van der Waals surface area contributed by atoms with Crippen molar-refractivity contribution in [1.29, 1.82) is 0 Å². The van der Waals surface area contributed by atoms with Crippen LogP contribution in [0.2, 0.25) is 0 Å². The van der Waals surface area contributed by atoms with Gasteiger partial charge in [-0.3, -0.25) is 4.79 Å². The summed E-state index contributed by atoms with van der Waals surface area (Å²) in [5, 5.41) is 10.5. The van der Waals surface area contributed by atoms with Crippen molar-refractivity contribution >= 4 is 17.7 Å². The third kappa shape index (κ3) is 4.61. The largest absolute Gasteiger partial charge is 0.466 e. The lowest BCUT2D eigenvalue weighted by atomic mass is 9.97. The number of aliphatic hydroxyl groups is 1. The second-order valence-electron chi connectivity index (χ2n) is 4.84. The summed E-state index contributed by atoms with van der Waals surface area (Å²) < 4.78 is 5.12. The van der Waals surface area contributed by atoms with Crippen molar-refractivity contribution in [3.8, 4) is 0 Å². The summed E-state index contributed by atoms with van der Waals surface area (Å²) >= 11 is 1.54. The van der Waals surface area contributed by atoms with Gasteiger partial charge in [-0.1, -0.05) is 48.5 Å². The molecule has 0 aliphatic rings. The summed E-state index contributed by atoms with van der Waals surface area (Å²) in [6.45, 7) is 2.08. The number of aliphatic hydroxyl groups excluding tert-OH is 1. The van der Waals surface area contributed by atoms with Crippen LogP contribution < -0.4 is 0 Å². The van der Waals surface area contributed by atoms with Gasteiger partial charge < -0.3 is 9.84 Å². The van der Waals surface area contributed by atoms with Crippen LogP contribution in [-0.4, -0.2) is 23.4 Å². The van der Waals surface area contributed by atoms with E-state index in [1.54, 1.807) is 18.7 Å². The number of ether oxygens (including phenoxy) is 1. The smallest absolute Gasteiger partial charge is 0.312 e. The van der Waals surface area contributed by atoms with Crippen LogP contribution in [0.25, 0.3) is 0 Å². The molecule has 2 rings (SSSR count). The highest BCUT2D eigenvalue weighted by atomic mass is 32.2. The van der Waals surface area contributed by atoms with Gasteiger partial charge in [-0.05, 0) is 24.6 Å². The highest BCUT2D eigenvalue weighted by molar-refractivity contribution is 7.99. The molecule has 0 heterocycles. The van der Waals surface area contributed by atoms with E-state index in [1.807, 2.05) is 60.7 Å². The Kier molecular flexibility index (Phi) is 6.49. The van der Waals surface area contributed by atoms with E-state index >= 15 is 0 Å². The molecule has 0 bridgehead atoms. The predicted molar refractivity (Wildman–Crippen MR) is 88.7 cm³/mol. The second-order valence-corrected chi connectivity index (χ2v) is 5.93. The molecule has 0 saturated heterocycles. The van der Waals surface area contributed by atoms with Crippen molar-refractivity contribution < 1.29 is 14.6 Å². The van der Waals surface area contributed by atoms with Gasteiger partial charge in [0.05, 0.1) is 18.6 Å². The van der Waals surface area contributed by atoms with Crippen LogP contribution in [0.15, 0.2) is 65.6 Å². The van der Waals surface area contributed by atoms with Gasteiger partial charge in [0.1, 0.15) is 0 Å². The van der Waals surface area contributed by atoms with E-state index in [0.29, 0.717) is 12.4 Å². The maximum Gasteiger partial charge on any atom is 0.312 e. The summed E-state index contributed by atoms with van der Waals surface area (Å²) in [5.74, 6) is -0.478. The molecule has 0 aliphatic heterocycles.